The Hall–Kier alpha value is -2.83. The molecule has 166 valence electrons. The van der Waals surface area contributed by atoms with Crippen LogP contribution in [-0.2, 0) is 21.2 Å². The van der Waals surface area contributed by atoms with Crippen molar-refractivity contribution < 1.29 is 35.9 Å². The van der Waals surface area contributed by atoms with Crippen LogP contribution in [0, 0.1) is 0 Å². The molecule has 0 aromatic heterocycles. The number of alkyl halides is 3. The number of carbonyl (C=O) groups excluding carboxylic acids is 1. The minimum atomic E-state index is -4.68. The van der Waals surface area contributed by atoms with Crippen molar-refractivity contribution >= 4 is 21.8 Å². The van der Waals surface area contributed by atoms with Crippen molar-refractivity contribution in [2.45, 2.75) is 24.7 Å². The highest BCUT2D eigenvalue weighted by molar-refractivity contribution is 7.87. The average molecular weight is 457 g/mol. The summed E-state index contributed by atoms with van der Waals surface area (Å²) < 4.78 is 78.7. The number of rotatable bonds is 3. The maximum absolute atomic E-state index is 13.2. The summed E-state index contributed by atoms with van der Waals surface area (Å²) in [6.45, 7) is 0.0432. The fourth-order valence-corrected chi connectivity index (χ4v) is 4.79. The molecule has 2 atom stereocenters. The molecule has 31 heavy (non-hydrogen) atoms. The number of amides is 1. The molecule has 2 heterocycles. The Morgan fingerprint density at radius 3 is 2.61 bits per heavy atom. The first-order chi connectivity index (χ1) is 14.6. The Morgan fingerprint density at radius 1 is 1.16 bits per heavy atom. The number of likely N-dealkylation sites (N-methyl/N-ethyl adjacent to an activating group) is 1. The Labute approximate surface area is 176 Å². The molecule has 0 aliphatic carbocycles. The molecule has 2 N–H and O–H groups in total. The summed E-state index contributed by atoms with van der Waals surface area (Å²) in [4.78, 5) is 12.9. The molecule has 2 unspecified atom stereocenters. The third-order valence-electron chi connectivity index (χ3n) is 5.16. The quantitative estimate of drug-likeness (QED) is 0.739. The van der Waals surface area contributed by atoms with Crippen LogP contribution in [0.5, 0.6) is 11.5 Å². The minimum Gasteiger partial charge on any atom is -0.454 e. The monoisotopic (exact) mass is 457 g/mol. The first kappa shape index (κ1) is 21.4. The normalized spacial score (nSPS) is 22.8. The van der Waals surface area contributed by atoms with Crippen molar-refractivity contribution in [1.82, 2.24) is 9.03 Å². The van der Waals surface area contributed by atoms with Crippen molar-refractivity contribution in [3.05, 3.63) is 53.6 Å². The van der Waals surface area contributed by atoms with E-state index in [2.05, 4.69) is 10.0 Å². The van der Waals surface area contributed by atoms with Gasteiger partial charge in [0.2, 0.25) is 12.7 Å². The molecule has 8 nitrogen and oxygen atoms in total. The van der Waals surface area contributed by atoms with Crippen LogP contribution in [0.2, 0.25) is 0 Å². The van der Waals surface area contributed by atoms with Gasteiger partial charge in [0.05, 0.1) is 17.3 Å². The number of nitrogens with zero attached hydrogens (tertiary/aromatic N) is 1. The zero-order chi connectivity index (χ0) is 22.4. The van der Waals surface area contributed by atoms with Crippen LogP contribution in [0.4, 0.5) is 18.9 Å². The summed E-state index contributed by atoms with van der Waals surface area (Å²) >= 11 is 0. The van der Waals surface area contributed by atoms with Gasteiger partial charge in [-0.3, -0.25) is 4.79 Å². The van der Waals surface area contributed by atoms with E-state index in [1.54, 1.807) is 18.2 Å². The molecule has 0 bridgehead atoms. The number of nitrogens with one attached hydrogen (secondary N) is 2. The van der Waals surface area contributed by atoms with E-state index in [-0.39, 0.29) is 13.2 Å². The molecule has 4 rings (SSSR count). The van der Waals surface area contributed by atoms with E-state index < -0.39 is 45.6 Å². The summed E-state index contributed by atoms with van der Waals surface area (Å²) in [5.41, 5.74) is -0.923. The van der Waals surface area contributed by atoms with Gasteiger partial charge in [-0.1, -0.05) is 18.2 Å². The van der Waals surface area contributed by atoms with E-state index in [1.807, 2.05) is 0 Å². The van der Waals surface area contributed by atoms with Crippen LogP contribution >= 0.6 is 0 Å². The third kappa shape index (κ3) is 4.18. The fraction of sp³-hybridized carbons (Fsp3) is 0.316. The number of benzene rings is 2. The minimum absolute atomic E-state index is 0.00457. The Bertz CT molecular complexity index is 1120. The second kappa shape index (κ2) is 7.70. The molecule has 2 aliphatic heterocycles. The number of anilines is 1. The molecule has 1 fully saturated rings. The van der Waals surface area contributed by atoms with Gasteiger partial charge in [0.15, 0.2) is 11.5 Å². The molecule has 1 saturated heterocycles. The summed E-state index contributed by atoms with van der Waals surface area (Å²) in [6, 6.07) is 7.36. The van der Waals surface area contributed by atoms with Crippen LogP contribution in [0.3, 0.4) is 0 Å². The molecule has 0 spiro atoms. The molecule has 0 saturated carbocycles. The van der Waals surface area contributed by atoms with Gasteiger partial charge in [-0.15, -0.1) is 0 Å². The highest BCUT2D eigenvalue weighted by Gasteiger charge is 2.42. The van der Waals surface area contributed by atoms with Crippen molar-refractivity contribution in [1.29, 1.82) is 0 Å². The lowest BCUT2D eigenvalue weighted by Gasteiger charge is -2.36. The maximum atomic E-state index is 13.2. The maximum Gasteiger partial charge on any atom is 0.418 e. The van der Waals surface area contributed by atoms with E-state index in [1.165, 1.54) is 19.2 Å². The molecular formula is C19H18F3N3O5S. The number of ether oxygens (including phenoxy) is 2. The van der Waals surface area contributed by atoms with Crippen LogP contribution in [0.1, 0.15) is 23.6 Å². The van der Waals surface area contributed by atoms with E-state index in [0.717, 1.165) is 16.4 Å². The Kier molecular flexibility index (Phi) is 5.31. The van der Waals surface area contributed by atoms with Gasteiger partial charge in [-0.25, -0.2) is 0 Å². The predicted octanol–water partition coefficient (Wildman–Crippen LogP) is 2.65. The van der Waals surface area contributed by atoms with Gasteiger partial charge in [-0.05, 0) is 36.2 Å². The van der Waals surface area contributed by atoms with E-state index in [9.17, 15) is 26.4 Å². The topological polar surface area (TPSA) is 97.0 Å². The summed E-state index contributed by atoms with van der Waals surface area (Å²) in [5, 5.41) is 2.23. The molecule has 2 aliphatic rings. The lowest BCUT2D eigenvalue weighted by molar-refractivity contribution is -0.137. The van der Waals surface area contributed by atoms with Crippen LogP contribution in [0.25, 0.3) is 0 Å². The van der Waals surface area contributed by atoms with Gasteiger partial charge >= 0.3 is 6.18 Å². The van der Waals surface area contributed by atoms with Gasteiger partial charge in [0.25, 0.3) is 10.2 Å². The molecule has 12 heteroatoms. The number of halogens is 3. The average Bonchev–Trinajstić information content (AvgIpc) is 3.17. The number of fused-ring (bicyclic) bond motifs is 1. The van der Waals surface area contributed by atoms with E-state index in [4.69, 9.17) is 9.47 Å². The highest BCUT2D eigenvalue weighted by Crippen LogP contribution is 2.38. The zero-order valence-corrected chi connectivity index (χ0v) is 17.0. The fourth-order valence-electron chi connectivity index (χ4n) is 3.51. The largest absolute Gasteiger partial charge is 0.454 e. The number of hydrogen-bond acceptors (Lipinski definition) is 5. The van der Waals surface area contributed by atoms with Crippen molar-refractivity contribution in [3.63, 3.8) is 0 Å². The zero-order valence-electron chi connectivity index (χ0n) is 16.1. The lowest BCUT2D eigenvalue weighted by Crippen LogP contribution is -2.56. The molecule has 1 amide bonds. The van der Waals surface area contributed by atoms with Crippen molar-refractivity contribution in [3.8, 4) is 11.5 Å². The lowest BCUT2D eigenvalue weighted by atomic mass is 9.98. The first-order valence-electron chi connectivity index (χ1n) is 9.18. The summed E-state index contributed by atoms with van der Waals surface area (Å²) in [5.74, 6) is 0.0864. The van der Waals surface area contributed by atoms with Crippen molar-refractivity contribution in [2.75, 3.05) is 19.2 Å². The van der Waals surface area contributed by atoms with Gasteiger partial charge in [0, 0.05) is 7.05 Å². The highest BCUT2D eigenvalue weighted by atomic mass is 32.2. The molecular weight excluding hydrogens is 439 g/mol. The van der Waals surface area contributed by atoms with E-state index in [0.29, 0.717) is 17.1 Å². The summed E-state index contributed by atoms with van der Waals surface area (Å²) in [7, 11) is -2.88. The Morgan fingerprint density at radius 2 is 1.87 bits per heavy atom. The molecule has 2 aromatic rings. The van der Waals surface area contributed by atoms with Gasteiger partial charge < -0.3 is 14.8 Å². The van der Waals surface area contributed by atoms with Crippen molar-refractivity contribution in [2.24, 2.45) is 0 Å². The standard InChI is InChI=1S/C19H18F3N3O5S/c1-25-15(18(26)23-13-5-3-2-4-12(13)19(20,21)22)9-14(24-31(25,27)28)11-6-7-16-17(8-11)30-10-29-16/h2-8,14-15,24H,9-10H2,1H3,(H,23,26). The predicted molar refractivity (Wildman–Crippen MR) is 104 cm³/mol. The first-order valence-corrected chi connectivity index (χ1v) is 10.6. The van der Waals surface area contributed by atoms with Crippen LogP contribution in [-0.4, -0.2) is 38.5 Å². The number of carbonyl (C=O) groups is 1. The molecule has 2 aromatic carbocycles. The number of para-hydroxylation sites is 1. The van der Waals surface area contributed by atoms with Crippen LogP contribution in [0.15, 0.2) is 42.5 Å². The Balaban J connectivity index is 1.61. The second-order valence-corrected chi connectivity index (χ2v) is 8.85. The number of hydrogen-bond donors (Lipinski definition) is 2. The smallest absolute Gasteiger partial charge is 0.418 e. The third-order valence-corrected chi connectivity index (χ3v) is 6.76. The second-order valence-electron chi connectivity index (χ2n) is 7.09. The molecule has 0 radical (unpaired) electrons. The van der Waals surface area contributed by atoms with Crippen LogP contribution < -0.4 is 19.5 Å². The van der Waals surface area contributed by atoms with Gasteiger partial charge in [0.1, 0.15) is 6.04 Å². The SMILES string of the molecule is CN1C(C(=O)Nc2ccccc2C(F)(F)F)CC(c2ccc3c(c2)OCO3)NS1(=O)=O. The van der Waals surface area contributed by atoms with E-state index >= 15 is 0 Å². The summed E-state index contributed by atoms with van der Waals surface area (Å²) in [6.07, 6.45) is -4.68. The van der Waals surface area contributed by atoms with Gasteiger partial charge in [-0.2, -0.15) is 30.6 Å².